The first kappa shape index (κ1) is 36.1. The van der Waals surface area contributed by atoms with E-state index in [9.17, 15) is 79.7 Å². The van der Waals surface area contributed by atoms with Crippen LogP contribution < -0.4 is 0 Å². The number of halogens is 17. The van der Waals surface area contributed by atoms with Gasteiger partial charge in [-0.15, -0.1) is 0 Å². The third-order valence-electron chi connectivity index (χ3n) is 5.98. The van der Waals surface area contributed by atoms with E-state index >= 15 is 0 Å². The highest BCUT2D eigenvalue weighted by molar-refractivity contribution is 5.79. The third-order valence-corrected chi connectivity index (χ3v) is 5.98. The smallest absolute Gasteiger partial charge is 0.384 e. The average Bonchev–Trinajstić information content (AvgIpc) is 2.90. The molecule has 0 heterocycles. The lowest BCUT2D eigenvalue weighted by atomic mass is 9.85. The van der Waals surface area contributed by atoms with Crippen molar-refractivity contribution in [2.24, 2.45) is 4.99 Å². The minimum absolute atomic E-state index is 0.00664. The molecule has 0 radical (unpaired) electrons. The highest BCUT2D eigenvalue weighted by Gasteiger charge is 2.95. The number of alkyl halides is 17. The third kappa shape index (κ3) is 5.87. The largest absolute Gasteiger partial charge is 0.460 e. The van der Waals surface area contributed by atoms with E-state index in [0.29, 0.717) is 6.21 Å². The van der Waals surface area contributed by atoms with Gasteiger partial charge in [-0.2, -0.15) is 74.6 Å². The molecule has 242 valence electrons. The predicted octanol–water partition coefficient (Wildman–Crippen LogP) is 8.09. The van der Waals surface area contributed by atoms with Gasteiger partial charge in [0.2, 0.25) is 0 Å². The van der Waals surface area contributed by atoms with E-state index in [1.165, 1.54) is 48.5 Å². The molecule has 19 heteroatoms. The maximum atomic E-state index is 14.8. The van der Waals surface area contributed by atoms with Gasteiger partial charge in [0.25, 0.3) is 0 Å². The summed E-state index contributed by atoms with van der Waals surface area (Å²) in [5.74, 6) is -57.9. The summed E-state index contributed by atoms with van der Waals surface area (Å²) >= 11 is 0. The van der Waals surface area contributed by atoms with Gasteiger partial charge < -0.3 is 5.11 Å². The van der Waals surface area contributed by atoms with E-state index in [1.807, 2.05) is 0 Å². The number of aliphatic hydroxyl groups excluding tert-OH is 1. The molecule has 2 aromatic carbocycles. The van der Waals surface area contributed by atoms with E-state index in [4.69, 9.17) is 0 Å². The Hall–Kier alpha value is -3.12. The second-order valence-corrected chi connectivity index (χ2v) is 8.96. The van der Waals surface area contributed by atoms with Crippen molar-refractivity contribution in [3.8, 4) is 0 Å². The Balaban J connectivity index is 2.62. The van der Waals surface area contributed by atoms with Crippen LogP contribution in [0.4, 0.5) is 74.6 Å². The van der Waals surface area contributed by atoms with Gasteiger partial charge in [0.15, 0.2) is 0 Å². The molecule has 0 aliphatic rings. The van der Waals surface area contributed by atoms with E-state index in [-0.39, 0.29) is 11.1 Å². The SMILES string of the molecule is O[C@@H]([C@H](Cc1ccccc1)N=Cc1ccccc1)C(F)(F)C(F)(F)C(F)(F)C(F)(F)C(F)(F)C(F)(F)C(F)(F)C(F)(F)F. The van der Waals surface area contributed by atoms with E-state index < -0.39 is 66.2 Å². The molecular weight excluding hydrogens is 641 g/mol. The zero-order valence-corrected chi connectivity index (χ0v) is 20.5. The Morgan fingerprint density at radius 3 is 1.33 bits per heavy atom. The molecule has 0 fully saturated rings. The number of hydrogen-bond donors (Lipinski definition) is 1. The summed E-state index contributed by atoms with van der Waals surface area (Å²) in [5, 5.41) is 10.0. The number of aliphatic hydroxyl groups is 1. The van der Waals surface area contributed by atoms with E-state index in [1.54, 1.807) is 0 Å². The molecular formula is C24H16F17NO. The fraction of sp³-hybridized carbons (Fsp3) is 0.458. The minimum Gasteiger partial charge on any atom is -0.384 e. The molecule has 0 aliphatic heterocycles. The standard InChI is InChI=1S/C24H16F17NO/c25-17(26,16(43)15(11-13-7-3-1-4-8-13)42-12-14-9-5-2-6-10-14)18(27,28)19(29,30)20(31,32)21(33,34)22(35,36)23(37,38)24(39,40)41/h1-10,12,15-16,43H,11H2/t15-,16-/m0/s1. The lowest BCUT2D eigenvalue weighted by Gasteiger charge is -2.43. The number of hydrogen-bond acceptors (Lipinski definition) is 2. The Morgan fingerprint density at radius 1 is 0.535 bits per heavy atom. The second-order valence-electron chi connectivity index (χ2n) is 8.96. The molecule has 2 aromatic rings. The molecule has 0 amide bonds. The fourth-order valence-corrected chi connectivity index (χ4v) is 3.43. The monoisotopic (exact) mass is 657 g/mol. The molecule has 0 unspecified atom stereocenters. The summed E-state index contributed by atoms with van der Waals surface area (Å²) < 4.78 is 232. The van der Waals surface area contributed by atoms with E-state index in [0.717, 1.165) is 12.1 Å². The Morgan fingerprint density at radius 2 is 0.907 bits per heavy atom. The van der Waals surface area contributed by atoms with Gasteiger partial charge in [0.05, 0.1) is 6.04 Å². The summed E-state index contributed by atoms with van der Waals surface area (Å²) in [6.45, 7) is 0. The number of rotatable bonds is 12. The van der Waals surface area contributed by atoms with Crippen LogP contribution in [0.3, 0.4) is 0 Å². The molecule has 43 heavy (non-hydrogen) atoms. The van der Waals surface area contributed by atoms with Gasteiger partial charge in [0, 0.05) is 6.21 Å². The van der Waals surface area contributed by atoms with Gasteiger partial charge in [-0.3, -0.25) is 4.99 Å². The second kappa shape index (κ2) is 11.4. The Kier molecular flexibility index (Phi) is 9.58. The van der Waals surface area contributed by atoms with Crippen molar-refractivity contribution in [3.63, 3.8) is 0 Å². The van der Waals surface area contributed by atoms with Crippen molar-refractivity contribution in [2.75, 3.05) is 0 Å². The molecule has 0 aliphatic carbocycles. The van der Waals surface area contributed by atoms with Gasteiger partial charge in [0.1, 0.15) is 6.10 Å². The van der Waals surface area contributed by atoms with Crippen LogP contribution in [-0.4, -0.2) is 71.1 Å². The molecule has 0 saturated heterocycles. The number of aliphatic imine (C=N–C) groups is 1. The van der Waals surface area contributed by atoms with Crippen LogP contribution in [0, 0.1) is 0 Å². The number of nitrogens with zero attached hydrogens (tertiary/aromatic N) is 1. The average molecular weight is 657 g/mol. The van der Waals surface area contributed by atoms with Crippen molar-refractivity contribution in [3.05, 3.63) is 71.8 Å². The number of benzene rings is 2. The first-order valence-corrected chi connectivity index (χ1v) is 11.2. The van der Waals surface area contributed by atoms with Crippen LogP contribution in [-0.2, 0) is 6.42 Å². The summed E-state index contributed by atoms with van der Waals surface area (Å²) in [6.07, 6.45) is -12.6. The summed E-state index contributed by atoms with van der Waals surface area (Å²) in [7, 11) is 0. The quantitative estimate of drug-likeness (QED) is 0.182. The Bertz CT molecular complexity index is 1240. The molecule has 2 nitrogen and oxygen atoms in total. The molecule has 0 bridgehead atoms. The summed E-state index contributed by atoms with van der Waals surface area (Å²) in [5.41, 5.74) is -0.124. The molecule has 1 N–H and O–H groups in total. The maximum Gasteiger partial charge on any atom is 0.460 e. The highest BCUT2D eigenvalue weighted by atomic mass is 19.4. The topological polar surface area (TPSA) is 32.6 Å². The van der Waals surface area contributed by atoms with Crippen molar-refractivity contribution in [1.82, 2.24) is 0 Å². The van der Waals surface area contributed by atoms with Crippen LogP contribution in [0.5, 0.6) is 0 Å². The van der Waals surface area contributed by atoms with Gasteiger partial charge in [-0.25, -0.2) is 0 Å². The summed E-state index contributed by atoms with van der Waals surface area (Å²) in [4.78, 5) is 3.35. The van der Waals surface area contributed by atoms with Crippen molar-refractivity contribution < 1.29 is 79.7 Å². The molecule has 0 saturated carbocycles. The van der Waals surface area contributed by atoms with Gasteiger partial charge >= 0.3 is 47.6 Å². The molecule has 0 spiro atoms. The van der Waals surface area contributed by atoms with E-state index in [2.05, 4.69) is 4.99 Å². The van der Waals surface area contributed by atoms with Crippen LogP contribution in [0.2, 0.25) is 0 Å². The molecule has 0 aromatic heterocycles. The molecule has 2 rings (SSSR count). The van der Waals surface area contributed by atoms with Crippen molar-refractivity contribution in [1.29, 1.82) is 0 Å². The lowest BCUT2D eigenvalue weighted by molar-refractivity contribution is -0.464. The maximum absolute atomic E-state index is 14.8. The van der Waals surface area contributed by atoms with Crippen molar-refractivity contribution >= 4 is 6.21 Å². The van der Waals surface area contributed by atoms with Crippen LogP contribution >= 0.6 is 0 Å². The fourth-order valence-electron chi connectivity index (χ4n) is 3.43. The normalized spacial score (nSPS) is 16.4. The lowest BCUT2D eigenvalue weighted by Crippen LogP contribution is -2.75. The van der Waals surface area contributed by atoms with Crippen molar-refractivity contribution in [2.45, 2.75) is 66.2 Å². The first-order chi connectivity index (χ1) is 19.2. The Labute approximate surface area is 229 Å². The zero-order valence-electron chi connectivity index (χ0n) is 20.5. The zero-order chi connectivity index (χ0) is 33.5. The van der Waals surface area contributed by atoms with Gasteiger partial charge in [-0.1, -0.05) is 60.7 Å². The summed E-state index contributed by atoms with van der Waals surface area (Å²) in [6, 6.07) is 9.80. The molecule has 2 atom stereocenters. The predicted molar refractivity (Wildman–Crippen MR) is 115 cm³/mol. The first-order valence-electron chi connectivity index (χ1n) is 11.2. The van der Waals surface area contributed by atoms with Crippen LogP contribution in [0.15, 0.2) is 65.7 Å². The minimum atomic E-state index is -8.75. The van der Waals surface area contributed by atoms with Gasteiger partial charge in [-0.05, 0) is 17.5 Å². The highest BCUT2D eigenvalue weighted by Crippen LogP contribution is 2.64. The van der Waals surface area contributed by atoms with Crippen LogP contribution in [0.1, 0.15) is 11.1 Å². The van der Waals surface area contributed by atoms with Crippen LogP contribution in [0.25, 0.3) is 0 Å².